The second-order valence-corrected chi connectivity index (χ2v) is 4.79. The lowest BCUT2D eigenvalue weighted by Gasteiger charge is -2.22. The summed E-state index contributed by atoms with van der Waals surface area (Å²) < 4.78 is 0. The van der Waals surface area contributed by atoms with E-state index in [-0.39, 0.29) is 5.69 Å². The number of nitro benzene ring substituents is 1. The van der Waals surface area contributed by atoms with E-state index in [4.69, 9.17) is 0 Å². The maximum atomic E-state index is 10.9. The van der Waals surface area contributed by atoms with Crippen LogP contribution in [0.25, 0.3) is 5.57 Å². The fourth-order valence-corrected chi connectivity index (χ4v) is 2.27. The molecule has 98 valence electrons. The molecule has 1 aliphatic heterocycles. The molecule has 19 heavy (non-hydrogen) atoms. The number of rotatable bonds is 2. The van der Waals surface area contributed by atoms with Gasteiger partial charge in [0.05, 0.1) is 10.5 Å². The zero-order valence-corrected chi connectivity index (χ0v) is 11.0. The van der Waals surface area contributed by atoms with Crippen molar-refractivity contribution < 1.29 is 4.92 Å². The van der Waals surface area contributed by atoms with Crippen LogP contribution in [0.3, 0.4) is 0 Å². The van der Waals surface area contributed by atoms with Crippen molar-refractivity contribution in [1.29, 1.82) is 5.26 Å². The molecule has 0 saturated carbocycles. The van der Waals surface area contributed by atoms with Gasteiger partial charge in [-0.15, -0.1) is 0 Å². The first kappa shape index (κ1) is 13.2. The van der Waals surface area contributed by atoms with Gasteiger partial charge in [0, 0.05) is 24.7 Å². The van der Waals surface area contributed by atoms with Crippen LogP contribution < -0.4 is 0 Å². The standard InChI is InChI=1S/C14H15N3O2/c1-10-7-13(11-3-5-16(2)6-4-11)12(9-15)8-14(10)17(18)19/h3,7-8H,4-6H2,1-2H3. The first-order chi connectivity index (χ1) is 9.02. The highest BCUT2D eigenvalue weighted by Crippen LogP contribution is 2.30. The molecule has 5 heteroatoms. The predicted molar refractivity (Wildman–Crippen MR) is 72.6 cm³/mol. The number of hydrogen-bond donors (Lipinski definition) is 0. The molecule has 0 unspecified atom stereocenters. The lowest BCUT2D eigenvalue weighted by Crippen LogP contribution is -2.23. The van der Waals surface area contributed by atoms with E-state index in [1.807, 2.05) is 7.05 Å². The molecular formula is C14H15N3O2. The highest BCUT2D eigenvalue weighted by atomic mass is 16.6. The van der Waals surface area contributed by atoms with Crippen LogP contribution in [0.5, 0.6) is 0 Å². The topological polar surface area (TPSA) is 70.2 Å². The molecule has 0 bridgehead atoms. The van der Waals surface area contributed by atoms with E-state index in [0.717, 1.165) is 30.6 Å². The number of benzene rings is 1. The van der Waals surface area contributed by atoms with E-state index >= 15 is 0 Å². The molecule has 1 aromatic rings. The van der Waals surface area contributed by atoms with Gasteiger partial charge in [-0.1, -0.05) is 6.08 Å². The summed E-state index contributed by atoms with van der Waals surface area (Å²) in [5.41, 5.74) is 2.92. The summed E-state index contributed by atoms with van der Waals surface area (Å²) in [4.78, 5) is 12.6. The Morgan fingerprint density at radius 3 is 2.74 bits per heavy atom. The molecule has 0 atom stereocenters. The summed E-state index contributed by atoms with van der Waals surface area (Å²) in [5, 5.41) is 20.1. The average Bonchev–Trinajstić information content (AvgIpc) is 2.39. The van der Waals surface area contributed by atoms with Gasteiger partial charge in [0.2, 0.25) is 0 Å². The molecule has 0 amide bonds. The minimum atomic E-state index is -0.441. The van der Waals surface area contributed by atoms with Gasteiger partial charge in [-0.3, -0.25) is 10.1 Å². The average molecular weight is 257 g/mol. The van der Waals surface area contributed by atoms with Crippen LogP contribution in [-0.4, -0.2) is 30.0 Å². The van der Waals surface area contributed by atoms with E-state index < -0.39 is 4.92 Å². The highest BCUT2D eigenvalue weighted by molar-refractivity contribution is 5.73. The summed E-state index contributed by atoms with van der Waals surface area (Å²) in [7, 11) is 2.04. The van der Waals surface area contributed by atoms with Gasteiger partial charge in [0.15, 0.2) is 0 Å². The molecule has 1 aromatic carbocycles. The van der Waals surface area contributed by atoms with Gasteiger partial charge >= 0.3 is 0 Å². The molecule has 1 heterocycles. The van der Waals surface area contributed by atoms with Crippen molar-refractivity contribution in [3.63, 3.8) is 0 Å². The van der Waals surface area contributed by atoms with Crippen LogP contribution in [0.15, 0.2) is 18.2 Å². The highest BCUT2D eigenvalue weighted by Gasteiger charge is 2.18. The first-order valence-electron chi connectivity index (χ1n) is 6.10. The van der Waals surface area contributed by atoms with E-state index in [0.29, 0.717) is 11.1 Å². The van der Waals surface area contributed by atoms with Crippen molar-refractivity contribution in [3.05, 3.63) is 45.0 Å². The maximum Gasteiger partial charge on any atom is 0.273 e. The van der Waals surface area contributed by atoms with E-state index in [9.17, 15) is 15.4 Å². The third-order valence-corrected chi connectivity index (χ3v) is 3.41. The Balaban J connectivity index is 2.50. The van der Waals surface area contributed by atoms with Crippen molar-refractivity contribution in [2.45, 2.75) is 13.3 Å². The number of nitro groups is 1. The quantitative estimate of drug-likeness (QED) is 0.603. The van der Waals surface area contributed by atoms with E-state index in [1.54, 1.807) is 13.0 Å². The SMILES string of the molecule is Cc1cc(C2=CCN(C)CC2)c(C#N)cc1[N+](=O)[O-]. The number of aryl methyl sites for hydroxylation is 1. The largest absolute Gasteiger partial charge is 0.302 e. The molecule has 0 aliphatic carbocycles. The zero-order valence-electron chi connectivity index (χ0n) is 11.0. The Hall–Kier alpha value is -2.19. The predicted octanol–water partition coefficient (Wildman–Crippen LogP) is 2.49. The van der Waals surface area contributed by atoms with E-state index in [2.05, 4.69) is 17.0 Å². The second-order valence-electron chi connectivity index (χ2n) is 4.79. The van der Waals surface area contributed by atoms with Gasteiger partial charge < -0.3 is 4.90 Å². The maximum absolute atomic E-state index is 10.9. The molecule has 0 radical (unpaired) electrons. The minimum absolute atomic E-state index is 0.00817. The molecular weight excluding hydrogens is 242 g/mol. The Bertz CT molecular complexity index is 599. The molecule has 2 rings (SSSR count). The monoisotopic (exact) mass is 257 g/mol. The van der Waals surface area contributed by atoms with Gasteiger partial charge in [-0.2, -0.15) is 5.26 Å². The van der Waals surface area contributed by atoms with Crippen molar-refractivity contribution >= 4 is 11.3 Å². The zero-order chi connectivity index (χ0) is 14.0. The summed E-state index contributed by atoms with van der Waals surface area (Å²) in [6, 6.07) is 5.20. The van der Waals surface area contributed by atoms with Gasteiger partial charge in [-0.05, 0) is 37.6 Å². The van der Waals surface area contributed by atoms with Crippen LogP contribution in [0.1, 0.15) is 23.1 Å². The van der Waals surface area contributed by atoms with Crippen LogP contribution in [0.2, 0.25) is 0 Å². The summed E-state index contributed by atoms with van der Waals surface area (Å²) >= 11 is 0. The molecule has 0 spiro atoms. The van der Waals surface area contributed by atoms with E-state index in [1.165, 1.54) is 6.07 Å². The fraction of sp³-hybridized carbons (Fsp3) is 0.357. The van der Waals surface area contributed by atoms with Gasteiger partial charge in [-0.25, -0.2) is 0 Å². The van der Waals surface area contributed by atoms with Crippen molar-refractivity contribution in [3.8, 4) is 6.07 Å². The van der Waals surface area contributed by atoms with Crippen LogP contribution in [-0.2, 0) is 0 Å². The number of hydrogen-bond acceptors (Lipinski definition) is 4. The summed E-state index contributed by atoms with van der Waals surface area (Å²) in [5.74, 6) is 0. The lowest BCUT2D eigenvalue weighted by atomic mass is 9.93. The van der Waals surface area contributed by atoms with Crippen LogP contribution in [0.4, 0.5) is 5.69 Å². The fourth-order valence-electron chi connectivity index (χ4n) is 2.27. The molecule has 0 N–H and O–H groups in total. The Morgan fingerprint density at radius 2 is 2.21 bits per heavy atom. The van der Waals surface area contributed by atoms with Gasteiger partial charge in [0.1, 0.15) is 6.07 Å². The number of nitriles is 1. The minimum Gasteiger partial charge on any atom is -0.302 e. The first-order valence-corrected chi connectivity index (χ1v) is 6.10. The summed E-state index contributed by atoms with van der Waals surface area (Å²) in [6.07, 6.45) is 2.95. The Morgan fingerprint density at radius 1 is 1.47 bits per heavy atom. The van der Waals surface area contributed by atoms with Gasteiger partial charge in [0.25, 0.3) is 5.69 Å². The van der Waals surface area contributed by atoms with Crippen molar-refractivity contribution in [2.24, 2.45) is 0 Å². The lowest BCUT2D eigenvalue weighted by molar-refractivity contribution is -0.385. The third-order valence-electron chi connectivity index (χ3n) is 3.41. The van der Waals surface area contributed by atoms with Crippen molar-refractivity contribution in [2.75, 3.05) is 20.1 Å². The smallest absolute Gasteiger partial charge is 0.273 e. The molecule has 1 aliphatic rings. The number of nitrogens with zero attached hydrogens (tertiary/aromatic N) is 3. The normalized spacial score (nSPS) is 15.7. The summed E-state index contributed by atoms with van der Waals surface area (Å²) in [6.45, 7) is 3.49. The molecule has 0 aromatic heterocycles. The molecule has 0 fully saturated rings. The van der Waals surface area contributed by atoms with Crippen molar-refractivity contribution in [1.82, 2.24) is 4.90 Å². The molecule has 0 saturated heterocycles. The third kappa shape index (κ3) is 2.64. The second kappa shape index (κ2) is 5.21. The van der Waals surface area contributed by atoms with Crippen LogP contribution >= 0.6 is 0 Å². The number of likely N-dealkylation sites (N-methyl/N-ethyl adjacent to an activating group) is 1. The Kier molecular flexibility index (Phi) is 3.63. The molecule has 5 nitrogen and oxygen atoms in total. The van der Waals surface area contributed by atoms with Crippen LogP contribution in [0, 0.1) is 28.4 Å². The Labute approximate surface area is 111 Å².